The molecule has 0 atom stereocenters. The predicted octanol–water partition coefficient (Wildman–Crippen LogP) is 3.49. The third kappa shape index (κ3) is 2.95. The molecule has 2 aromatic rings. The Balaban J connectivity index is 2.33. The lowest BCUT2D eigenvalue weighted by Gasteiger charge is -2.32. The fourth-order valence-corrected chi connectivity index (χ4v) is 4.51. The number of alkyl halides is 3. The third-order valence-corrected chi connectivity index (χ3v) is 5.63. The molecular formula is C16H13F3N2O3S. The van der Waals surface area contributed by atoms with E-state index in [1.165, 1.54) is 12.3 Å². The first-order chi connectivity index (χ1) is 11.6. The number of nitrogens with zero attached hydrogens (tertiary/aromatic N) is 2. The zero-order chi connectivity index (χ0) is 18.4. The van der Waals surface area contributed by atoms with E-state index in [0.717, 1.165) is 12.3 Å². The van der Waals surface area contributed by atoms with Crippen LogP contribution in [0.2, 0.25) is 0 Å². The van der Waals surface area contributed by atoms with Crippen LogP contribution in [0.15, 0.2) is 42.7 Å². The van der Waals surface area contributed by atoms with Crippen LogP contribution in [0.1, 0.15) is 16.7 Å². The first-order valence-corrected chi connectivity index (χ1v) is 8.60. The summed E-state index contributed by atoms with van der Waals surface area (Å²) >= 11 is 0. The minimum absolute atomic E-state index is 0.0696. The summed E-state index contributed by atoms with van der Waals surface area (Å²) in [6.07, 6.45) is -2.44. The standard InChI is InChI=1S/C16H13F3N2O3S/c1-10-4-2-3-5-11(10)15-14(22)12-8-20-7-6-13(12)21(25(15,23)24)9-16(17,18)19/h2-8,22H,9H2,1H3. The molecule has 1 N–H and O–H groups in total. The van der Waals surface area contributed by atoms with Gasteiger partial charge in [0.1, 0.15) is 17.2 Å². The molecule has 0 saturated carbocycles. The van der Waals surface area contributed by atoms with E-state index < -0.39 is 33.4 Å². The number of aryl methyl sites for hydroxylation is 1. The minimum atomic E-state index is -4.75. The van der Waals surface area contributed by atoms with Gasteiger partial charge in [0.05, 0.1) is 11.3 Å². The van der Waals surface area contributed by atoms with Crippen molar-refractivity contribution in [3.63, 3.8) is 0 Å². The van der Waals surface area contributed by atoms with Gasteiger partial charge in [-0.15, -0.1) is 0 Å². The molecule has 0 aliphatic carbocycles. The molecular weight excluding hydrogens is 357 g/mol. The largest absolute Gasteiger partial charge is 0.506 e. The highest BCUT2D eigenvalue weighted by atomic mass is 32.2. The van der Waals surface area contributed by atoms with Gasteiger partial charge in [-0.1, -0.05) is 24.3 Å². The van der Waals surface area contributed by atoms with Crippen LogP contribution < -0.4 is 4.31 Å². The lowest BCUT2D eigenvalue weighted by molar-refractivity contribution is -0.117. The Kier molecular flexibility index (Phi) is 3.98. The van der Waals surface area contributed by atoms with E-state index >= 15 is 0 Å². The molecule has 0 fully saturated rings. The fraction of sp³-hybridized carbons (Fsp3) is 0.188. The van der Waals surface area contributed by atoms with Gasteiger partial charge in [0.2, 0.25) is 0 Å². The number of aliphatic hydroxyl groups excluding tert-OH is 1. The number of rotatable bonds is 2. The van der Waals surface area contributed by atoms with Gasteiger partial charge < -0.3 is 5.11 Å². The van der Waals surface area contributed by atoms with Crippen LogP contribution in [0.4, 0.5) is 18.9 Å². The van der Waals surface area contributed by atoms with Crippen LogP contribution in [0.25, 0.3) is 10.7 Å². The summed E-state index contributed by atoms with van der Waals surface area (Å²) in [7, 11) is -4.62. The number of halogens is 3. The molecule has 9 heteroatoms. The number of aromatic nitrogens is 1. The average molecular weight is 370 g/mol. The second-order valence-corrected chi connectivity index (χ2v) is 7.31. The Bertz CT molecular complexity index is 969. The van der Waals surface area contributed by atoms with Crippen molar-refractivity contribution in [1.82, 2.24) is 4.98 Å². The highest BCUT2D eigenvalue weighted by Crippen LogP contribution is 2.43. The molecule has 0 spiro atoms. The second kappa shape index (κ2) is 5.76. The van der Waals surface area contributed by atoms with E-state index in [1.807, 2.05) is 0 Å². The lowest BCUT2D eigenvalue weighted by Crippen LogP contribution is -2.41. The quantitative estimate of drug-likeness (QED) is 0.879. The van der Waals surface area contributed by atoms with Crippen molar-refractivity contribution in [2.45, 2.75) is 13.1 Å². The van der Waals surface area contributed by atoms with Crippen LogP contribution in [0.5, 0.6) is 0 Å². The Morgan fingerprint density at radius 3 is 2.48 bits per heavy atom. The van der Waals surface area contributed by atoms with Crippen LogP contribution in [0.3, 0.4) is 0 Å². The number of anilines is 1. The van der Waals surface area contributed by atoms with Crippen molar-refractivity contribution in [3.05, 3.63) is 59.4 Å². The zero-order valence-corrected chi connectivity index (χ0v) is 13.8. The van der Waals surface area contributed by atoms with Gasteiger partial charge in [-0.25, -0.2) is 8.42 Å². The van der Waals surface area contributed by atoms with Crippen molar-refractivity contribution in [3.8, 4) is 0 Å². The van der Waals surface area contributed by atoms with E-state index in [0.29, 0.717) is 5.56 Å². The average Bonchev–Trinajstić information content (AvgIpc) is 2.52. The summed E-state index contributed by atoms with van der Waals surface area (Å²) < 4.78 is 65.0. The van der Waals surface area contributed by atoms with Gasteiger partial charge in [0, 0.05) is 18.0 Å². The minimum Gasteiger partial charge on any atom is -0.506 e. The third-order valence-electron chi connectivity index (χ3n) is 3.80. The number of sulfonamides is 1. The Labute approximate surface area is 142 Å². The first-order valence-electron chi connectivity index (χ1n) is 7.16. The molecule has 2 heterocycles. The zero-order valence-electron chi connectivity index (χ0n) is 12.9. The topological polar surface area (TPSA) is 70.5 Å². The normalized spacial score (nSPS) is 16.7. The van der Waals surface area contributed by atoms with Crippen molar-refractivity contribution < 1.29 is 26.7 Å². The molecule has 1 aliphatic heterocycles. The van der Waals surface area contributed by atoms with Gasteiger partial charge >= 0.3 is 6.18 Å². The van der Waals surface area contributed by atoms with Crippen molar-refractivity contribution in [1.29, 1.82) is 0 Å². The van der Waals surface area contributed by atoms with E-state index in [2.05, 4.69) is 4.98 Å². The second-order valence-electron chi connectivity index (χ2n) is 5.51. The van der Waals surface area contributed by atoms with Gasteiger partial charge in [-0.05, 0) is 18.6 Å². The maximum absolute atomic E-state index is 13.0. The number of benzene rings is 1. The van der Waals surface area contributed by atoms with Crippen LogP contribution in [-0.4, -0.2) is 31.2 Å². The molecule has 0 bridgehead atoms. The number of hydrogen-bond donors (Lipinski definition) is 1. The van der Waals surface area contributed by atoms with E-state index in [1.54, 1.807) is 25.1 Å². The summed E-state index contributed by atoms with van der Waals surface area (Å²) in [6, 6.07) is 7.38. The lowest BCUT2D eigenvalue weighted by atomic mass is 10.1. The van der Waals surface area contributed by atoms with E-state index in [-0.39, 0.29) is 21.1 Å². The smallest absolute Gasteiger partial charge is 0.407 e. The molecule has 0 saturated heterocycles. The SMILES string of the molecule is Cc1ccccc1C1=C(O)c2cnccc2N(CC(F)(F)F)S1(=O)=O. The molecule has 0 amide bonds. The highest BCUT2D eigenvalue weighted by molar-refractivity contribution is 8.02. The Hall–Kier alpha value is -2.55. The van der Waals surface area contributed by atoms with Crippen molar-refractivity contribution in [2.75, 3.05) is 10.8 Å². The van der Waals surface area contributed by atoms with E-state index in [4.69, 9.17) is 0 Å². The number of fused-ring (bicyclic) bond motifs is 1. The first kappa shape index (κ1) is 17.3. The molecule has 1 aromatic heterocycles. The van der Waals surface area contributed by atoms with Crippen LogP contribution >= 0.6 is 0 Å². The summed E-state index contributed by atoms with van der Waals surface area (Å²) in [5.41, 5.74) is 0.315. The molecule has 25 heavy (non-hydrogen) atoms. The summed E-state index contributed by atoms with van der Waals surface area (Å²) in [4.78, 5) is 3.22. The van der Waals surface area contributed by atoms with Gasteiger partial charge in [0.15, 0.2) is 0 Å². The maximum atomic E-state index is 13.0. The predicted molar refractivity (Wildman–Crippen MR) is 87.2 cm³/mol. The van der Waals surface area contributed by atoms with Gasteiger partial charge in [0.25, 0.3) is 10.0 Å². The number of pyridine rings is 1. The van der Waals surface area contributed by atoms with Crippen LogP contribution in [0, 0.1) is 6.92 Å². The molecule has 132 valence electrons. The van der Waals surface area contributed by atoms with Gasteiger partial charge in [-0.3, -0.25) is 9.29 Å². The summed E-state index contributed by atoms with van der Waals surface area (Å²) in [5.74, 6) is -0.615. The van der Waals surface area contributed by atoms with E-state index in [9.17, 15) is 26.7 Å². The Morgan fingerprint density at radius 2 is 1.84 bits per heavy atom. The van der Waals surface area contributed by atoms with Crippen molar-refractivity contribution in [2.24, 2.45) is 0 Å². The molecule has 1 aliphatic rings. The van der Waals surface area contributed by atoms with Gasteiger partial charge in [-0.2, -0.15) is 13.2 Å². The monoisotopic (exact) mass is 370 g/mol. The van der Waals surface area contributed by atoms with Crippen molar-refractivity contribution >= 4 is 26.4 Å². The molecule has 3 rings (SSSR count). The van der Waals surface area contributed by atoms with Crippen LogP contribution in [-0.2, 0) is 10.0 Å². The summed E-state index contributed by atoms with van der Waals surface area (Å²) in [6.45, 7) is -0.0903. The molecule has 0 unspecified atom stereocenters. The molecule has 5 nitrogen and oxygen atoms in total. The molecule has 1 aromatic carbocycles. The molecule has 0 radical (unpaired) electrons. The number of aliphatic hydroxyl groups is 1. The highest BCUT2D eigenvalue weighted by Gasteiger charge is 2.44. The Morgan fingerprint density at radius 1 is 1.16 bits per heavy atom. The summed E-state index contributed by atoms with van der Waals surface area (Å²) in [5, 5.41) is 10.5. The number of hydrogen-bond acceptors (Lipinski definition) is 4. The maximum Gasteiger partial charge on any atom is 0.407 e. The fourth-order valence-electron chi connectivity index (χ4n) is 2.70.